The standard InChI is InChI=1S/C13H16BrN5O/c1-19(2)13(20)17-6-5-16-10-3-4-15-11-7-9(14)8-18-12(10)11/h3-4,7-8H,5-6H2,1-2H3,(H,15,16)(H,17,20). The molecule has 20 heavy (non-hydrogen) atoms. The van der Waals surface area contributed by atoms with Crippen molar-refractivity contribution < 1.29 is 4.79 Å². The molecular formula is C13H16BrN5O. The molecule has 0 aliphatic rings. The molecule has 2 aromatic heterocycles. The van der Waals surface area contributed by atoms with Crippen LogP contribution >= 0.6 is 15.9 Å². The fourth-order valence-corrected chi connectivity index (χ4v) is 1.99. The van der Waals surface area contributed by atoms with Gasteiger partial charge in [0.1, 0.15) is 5.52 Å². The van der Waals surface area contributed by atoms with Crippen LogP contribution in [0.25, 0.3) is 11.0 Å². The van der Waals surface area contributed by atoms with E-state index in [0.29, 0.717) is 13.1 Å². The number of urea groups is 1. The van der Waals surface area contributed by atoms with E-state index in [1.54, 1.807) is 26.5 Å². The van der Waals surface area contributed by atoms with Gasteiger partial charge in [0.15, 0.2) is 0 Å². The second-order valence-electron chi connectivity index (χ2n) is 4.43. The van der Waals surface area contributed by atoms with E-state index in [1.165, 1.54) is 4.90 Å². The Morgan fingerprint density at radius 1 is 1.35 bits per heavy atom. The van der Waals surface area contributed by atoms with Gasteiger partial charge in [0.25, 0.3) is 0 Å². The number of anilines is 1. The number of aromatic nitrogens is 2. The molecule has 7 heteroatoms. The first kappa shape index (κ1) is 14.5. The Morgan fingerprint density at radius 3 is 2.90 bits per heavy atom. The first-order valence-electron chi connectivity index (χ1n) is 6.17. The normalized spacial score (nSPS) is 10.3. The van der Waals surface area contributed by atoms with Crippen LogP contribution in [0.15, 0.2) is 29.0 Å². The Hall–Kier alpha value is -1.89. The number of rotatable bonds is 4. The van der Waals surface area contributed by atoms with E-state index >= 15 is 0 Å². The third kappa shape index (κ3) is 3.57. The molecule has 2 heterocycles. The van der Waals surface area contributed by atoms with Gasteiger partial charge < -0.3 is 15.5 Å². The Labute approximate surface area is 125 Å². The summed E-state index contributed by atoms with van der Waals surface area (Å²) in [5, 5.41) is 6.04. The van der Waals surface area contributed by atoms with Crippen molar-refractivity contribution in [1.29, 1.82) is 0 Å². The largest absolute Gasteiger partial charge is 0.381 e. The molecule has 0 fully saturated rings. The Kier molecular flexibility index (Phi) is 4.73. The number of fused-ring (bicyclic) bond motifs is 1. The molecule has 0 radical (unpaired) electrons. The van der Waals surface area contributed by atoms with Crippen molar-refractivity contribution in [3.8, 4) is 0 Å². The molecule has 0 bridgehead atoms. The van der Waals surface area contributed by atoms with Gasteiger partial charge >= 0.3 is 6.03 Å². The first-order valence-corrected chi connectivity index (χ1v) is 6.96. The predicted octanol–water partition coefficient (Wildman–Crippen LogP) is 2.08. The quantitative estimate of drug-likeness (QED) is 0.838. The number of hydrogen-bond acceptors (Lipinski definition) is 4. The highest BCUT2D eigenvalue weighted by molar-refractivity contribution is 9.10. The van der Waals surface area contributed by atoms with E-state index in [9.17, 15) is 4.79 Å². The number of carbonyl (C=O) groups is 1. The second kappa shape index (κ2) is 6.51. The summed E-state index contributed by atoms with van der Waals surface area (Å²) < 4.78 is 0.896. The van der Waals surface area contributed by atoms with E-state index in [4.69, 9.17) is 0 Å². The van der Waals surface area contributed by atoms with E-state index in [0.717, 1.165) is 21.2 Å². The van der Waals surface area contributed by atoms with Gasteiger partial charge in [-0.1, -0.05) is 0 Å². The van der Waals surface area contributed by atoms with Crippen molar-refractivity contribution in [2.45, 2.75) is 0 Å². The molecule has 0 unspecified atom stereocenters. The van der Waals surface area contributed by atoms with Crippen LogP contribution in [0.5, 0.6) is 0 Å². The number of carbonyl (C=O) groups excluding carboxylic acids is 1. The predicted molar refractivity (Wildman–Crippen MR) is 82.8 cm³/mol. The van der Waals surface area contributed by atoms with Gasteiger partial charge in [-0.05, 0) is 28.1 Å². The smallest absolute Gasteiger partial charge is 0.316 e. The molecule has 0 saturated heterocycles. The summed E-state index contributed by atoms with van der Waals surface area (Å²) in [5.41, 5.74) is 2.54. The minimum atomic E-state index is -0.103. The summed E-state index contributed by atoms with van der Waals surface area (Å²) in [6, 6.07) is 3.69. The molecule has 2 rings (SSSR count). The minimum Gasteiger partial charge on any atom is -0.381 e. The molecule has 6 nitrogen and oxygen atoms in total. The molecule has 2 aromatic rings. The minimum absolute atomic E-state index is 0.103. The molecule has 0 aromatic carbocycles. The van der Waals surface area contributed by atoms with Gasteiger partial charge in [-0.25, -0.2) is 4.79 Å². The summed E-state index contributed by atoms with van der Waals surface area (Å²) in [4.78, 5) is 21.5. The average Bonchev–Trinajstić information content (AvgIpc) is 2.42. The van der Waals surface area contributed by atoms with Crippen molar-refractivity contribution >= 4 is 38.7 Å². The lowest BCUT2D eigenvalue weighted by atomic mass is 10.3. The van der Waals surface area contributed by atoms with Gasteiger partial charge in [0, 0.05) is 44.1 Å². The van der Waals surface area contributed by atoms with Crippen LogP contribution in [0.3, 0.4) is 0 Å². The maximum Gasteiger partial charge on any atom is 0.316 e. The Balaban J connectivity index is 1.98. The summed E-state index contributed by atoms with van der Waals surface area (Å²) in [6.07, 6.45) is 3.47. The Morgan fingerprint density at radius 2 is 2.15 bits per heavy atom. The summed E-state index contributed by atoms with van der Waals surface area (Å²) >= 11 is 3.38. The second-order valence-corrected chi connectivity index (χ2v) is 5.35. The highest BCUT2D eigenvalue weighted by atomic mass is 79.9. The number of pyridine rings is 2. The topological polar surface area (TPSA) is 70.2 Å². The highest BCUT2D eigenvalue weighted by Gasteiger charge is 2.04. The lowest BCUT2D eigenvalue weighted by molar-refractivity contribution is 0.218. The van der Waals surface area contributed by atoms with Gasteiger partial charge in [0.2, 0.25) is 0 Å². The van der Waals surface area contributed by atoms with Crippen LogP contribution in [0, 0.1) is 0 Å². The summed E-state index contributed by atoms with van der Waals surface area (Å²) in [5.74, 6) is 0. The third-order valence-electron chi connectivity index (χ3n) is 2.67. The zero-order valence-electron chi connectivity index (χ0n) is 11.4. The van der Waals surface area contributed by atoms with E-state index in [2.05, 4.69) is 36.5 Å². The first-order chi connectivity index (χ1) is 9.58. The average molecular weight is 338 g/mol. The van der Waals surface area contributed by atoms with Gasteiger partial charge in [-0.2, -0.15) is 0 Å². The van der Waals surface area contributed by atoms with Crippen molar-refractivity contribution in [2.24, 2.45) is 0 Å². The highest BCUT2D eigenvalue weighted by Crippen LogP contribution is 2.21. The van der Waals surface area contributed by atoms with Crippen molar-refractivity contribution in [3.05, 3.63) is 29.0 Å². The van der Waals surface area contributed by atoms with Crippen LogP contribution in [0.1, 0.15) is 0 Å². The molecule has 106 valence electrons. The van der Waals surface area contributed by atoms with Crippen molar-refractivity contribution in [1.82, 2.24) is 20.2 Å². The fourth-order valence-electron chi connectivity index (χ4n) is 1.67. The molecule has 0 atom stereocenters. The monoisotopic (exact) mass is 337 g/mol. The maximum absolute atomic E-state index is 11.4. The molecular weight excluding hydrogens is 322 g/mol. The van der Waals surface area contributed by atoms with Crippen LogP contribution < -0.4 is 10.6 Å². The van der Waals surface area contributed by atoms with Gasteiger partial charge in [-0.15, -0.1) is 0 Å². The molecule has 2 N–H and O–H groups in total. The zero-order chi connectivity index (χ0) is 14.5. The Bertz CT molecular complexity index is 617. The van der Waals surface area contributed by atoms with Crippen molar-refractivity contribution in [2.75, 3.05) is 32.5 Å². The van der Waals surface area contributed by atoms with Crippen LogP contribution in [0.2, 0.25) is 0 Å². The van der Waals surface area contributed by atoms with Crippen LogP contribution in [0.4, 0.5) is 10.5 Å². The van der Waals surface area contributed by atoms with E-state index in [-0.39, 0.29) is 6.03 Å². The molecule has 0 aliphatic heterocycles. The number of nitrogens with zero attached hydrogens (tertiary/aromatic N) is 3. The van der Waals surface area contributed by atoms with Crippen LogP contribution in [-0.4, -0.2) is 48.1 Å². The SMILES string of the molecule is CN(C)C(=O)NCCNc1ccnc2cc(Br)cnc12. The van der Waals surface area contributed by atoms with E-state index < -0.39 is 0 Å². The lowest BCUT2D eigenvalue weighted by Crippen LogP contribution is -2.37. The molecule has 0 spiro atoms. The third-order valence-corrected chi connectivity index (χ3v) is 3.10. The van der Waals surface area contributed by atoms with Crippen LogP contribution in [-0.2, 0) is 0 Å². The summed E-state index contributed by atoms with van der Waals surface area (Å²) in [6.45, 7) is 1.16. The van der Waals surface area contributed by atoms with E-state index in [1.807, 2.05) is 12.1 Å². The number of halogens is 1. The zero-order valence-corrected chi connectivity index (χ0v) is 12.9. The van der Waals surface area contributed by atoms with Gasteiger partial charge in [-0.3, -0.25) is 9.97 Å². The maximum atomic E-state index is 11.4. The molecule has 2 amide bonds. The molecule has 0 aliphatic carbocycles. The summed E-state index contributed by atoms with van der Waals surface area (Å²) in [7, 11) is 3.42. The number of nitrogens with one attached hydrogen (secondary N) is 2. The number of hydrogen-bond donors (Lipinski definition) is 2. The fraction of sp³-hybridized carbons (Fsp3) is 0.308. The van der Waals surface area contributed by atoms with Gasteiger partial charge in [0.05, 0.1) is 11.2 Å². The lowest BCUT2D eigenvalue weighted by Gasteiger charge is -2.13. The van der Waals surface area contributed by atoms with Crippen molar-refractivity contribution in [3.63, 3.8) is 0 Å². The number of amides is 2. The molecule has 0 saturated carbocycles.